The standard InChI is InChI=1S/C22H31N7O2/c1-3-23-21(27-17-18-6-4-7-19(16-18)31-2)24-11-8-20(30)28-12-14-29(15-13-28)22-25-9-5-10-26-22/h4-7,9-10,16H,3,8,11-15,17H2,1-2H3,(H2,23,24,27). The molecule has 0 bridgehead atoms. The van der Waals surface area contributed by atoms with E-state index in [1.165, 1.54) is 0 Å². The highest BCUT2D eigenvalue weighted by Gasteiger charge is 2.22. The maximum Gasteiger partial charge on any atom is 0.225 e. The van der Waals surface area contributed by atoms with Crippen molar-refractivity contribution in [1.82, 2.24) is 25.5 Å². The summed E-state index contributed by atoms with van der Waals surface area (Å²) in [5.41, 5.74) is 1.06. The van der Waals surface area contributed by atoms with Gasteiger partial charge in [0.25, 0.3) is 0 Å². The van der Waals surface area contributed by atoms with E-state index in [1.807, 2.05) is 36.1 Å². The SMILES string of the molecule is CCNC(=NCc1cccc(OC)c1)NCCC(=O)N1CCN(c2ncccn2)CC1. The maximum absolute atomic E-state index is 12.6. The van der Waals surface area contributed by atoms with Crippen molar-refractivity contribution in [1.29, 1.82) is 0 Å². The number of aliphatic imine (C=N–C) groups is 1. The van der Waals surface area contributed by atoms with Crippen LogP contribution in [0.1, 0.15) is 18.9 Å². The minimum Gasteiger partial charge on any atom is -0.497 e. The molecule has 1 aliphatic rings. The normalized spacial score (nSPS) is 14.3. The predicted octanol–water partition coefficient (Wildman–Crippen LogP) is 1.28. The van der Waals surface area contributed by atoms with Gasteiger partial charge in [0, 0.05) is 58.1 Å². The van der Waals surface area contributed by atoms with Crippen molar-refractivity contribution in [3.8, 4) is 5.75 Å². The second-order valence-corrected chi connectivity index (χ2v) is 7.14. The zero-order valence-corrected chi connectivity index (χ0v) is 18.3. The number of ether oxygens (including phenoxy) is 1. The molecule has 166 valence electrons. The van der Waals surface area contributed by atoms with E-state index in [4.69, 9.17) is 4.74 Å². The summed E-state index contributed by atoms with van der Waals surface area (Å²) in [6.45, 7) is 6.68. The van der Waals surface area contributed by atoms with Gasteiger partial charge in [-0.2, -0.15) is 0 Å². The molecule has 2 heterocycles. The second kappa shape index (κ2) is 11.7. The van der Waals surface area contributed by atoms with Crippen molar-refractivity contribution >= 4 is 17.8 Å². The first-order valence-corrected chi connectivity index (χ1v) is 10.6. The zero-order chi connectivity index (χ0) is 21.9. The van der Waals surface area contributed by atoms with Crippen molar-refractivity contribution < 1.29 is 9.53 Å². The largest absolute Gasteiger partial charge is 0.497 e. The number of amides is 1. The van der Waals surface area contributed by atoms with Crippen LogP contribution in [0.5, 0.6) is 5.75 Å². The lowest BCUT2D eigenvalue weighted by Crippen LogP contribution is -2.50. The Morgan fingerprint density at radius 3 is 2.61 bits per heavy atom. The van der Waals surface area contributed by atoms with Gasteiger partial charge in [0.2, 0.25) is 11.9 Å². The van der Waals surface area contributed by atoms with Gasteiger partial charge in [0.15, 0.2) is 5.96 Å². The lowest BCUT2D eigenvalue weighted by molar-refractivity contribution is -0.131. The van der Waals surface area contributed by atoms with Gasteiger partial charge in [0.05, 0.1) is 13.7 Å². The summed E-state index contributed by atoms with van der Waals surface area (Å²) in [6.07, 6.45) is 3.90. The molecule has 31 heavy (non-hydrogen) atoms. The van der Waals surface area contributed by atoms with Gasteiger partial charge >= 0.3 is 0 Å². The number of carbonyl (C=O) groups is 1. The molecule has 1 aromatic heterocycles. The Bertz CT molecular complexity index is 852. The molecular weight excluding hydrogens is 394 g/mol. The van der Waals surface area contributed by atoms with Gasteiger partial charge in [0.1, 0.15) is 5.75 Å². The van der Waals surface area contributed by atoms with E-state index in [-0.39, 0.29) is 5.91 Å². The van der Waals surface area contributed by atoms with E-state index in [1.54, 1.807) is 25.6 Å². The Hall–Kier alpha value is -3.36. The van der Waals surface area contributed by atoms with Crippen LogP contribution < -0.4 is 20.3 Å². The number of hydrogen-bond donors (Lipinski definition) is 2. The van der Waals surface area contributed by atoms with Crippen molar-refractivity contribution in [2.24, 2.45) is 4.99 Å². The zero-order valence-electron chi connectivity index (χ0n) is 18.3. The Kier molecular flexibility index (Phi) is 8.45. The lowest BCUT2D eigenvalue weighted by Gasteiger charge is -2.34. The third-order valence-corrected chi connectivity index (χ3v) is 5.00. The molecule has 2 aromatic rings. The third-order valence-electron chi connectivity index (χ3n) is 5.00. The molecule has 1 saturated heterocycles. The van der Waals surface area contributed by atoms with Gasteiger partial charge in [-0.3, -0.25) is 4.79 Å². The van der Waals surface area contributed by atoms with Crippen LogP contribution >= 0.6 is 0 Å². The molecule has 1 amide bonds. The molecule has 1 aromatic carbocycles. The highest BCUT2D eigenvalue weighted by atomic mass is 16.5. The van der Waals surface area contributed by atoms with E-state index < -0.39 is 0 Å². The monoisotopic (exact) mass is 425 g/mol. The van der Waals surface area contributed by atoms with Gasteiger partial charge in [-0.05, 0) is 30.7 Å². The number of nitrogens with one attached hydrogen (secondary N) is 2. The van der Waals surface area contributed by atoms with E-state index >= 15 is 0 Å². The minimum atomic E-state index is 0.143. The molecule has 3 rings (SSSR count). The number of guanidine groups is 1. The number of hydrogen-bond acceptors (Lipinski definition) is 6. The highest BCUT2D eigenvalue weighted by molar-refractivity contribution is 5.81. The number of anilines is 1. The van der Waals surface area contributed by atoms with Crippen LogP contribution in [0.15, 0.2) is 47.7 Å². The Labute approximate surface area is 183 Å². The number of carbonyl (C=O) groups excluding carboxylic acids is 1. The summed E-state index contributed by atoms with van der Waals surface area (Å²) in [5.74, 6) is 2.38. The van der Waals surface area contributed by atoms with Crippen LogP contribution in [0, 0.1) is 0 Å². The summed E-state index contributed by atoms with van der Waals surface area (Å²) >= 11 is 0. The Morgan fingerprint density at radius 2 is 1.90 bits per heavy atom. The molecule has 2 N–H and O–H groups in total. The second-order valence-electron chi connectivity index (χ2n) is 7.14. The molecule has 0 spiro atoms. The fraction of sp³-hybridized carbons (Fsp3) is 0.455. The average Bonchev–Trinajstić information content (AvgIpc) is 2.83. The van der Waals surface area contributed by atoms with Crippen LogP contribution in [-0.4, -0.2) is 73.1 Å². The average molecular weight is 426 g/mol. The Balaban J connectivity index is 1.43. The van der Waals surface area contributed by atoms with Gasteiger partial charge in [-0.1, -0.05) is 12.1 Å². The van der Waals surface area contributed by atoms with Crippen LogP contribution in [0.3, 0.4) is 0 Å². The minimum absolute atomic E-state index is 0.143. The summed E-state index contributed by atoms with van der Waals surface area (Å²) in [7, 11) is 1.65. The van der Waals surface area contributed by atoms with Gasteiger partial charge in [-0.15, -0.1) is 0 Å². The van der Waals surface area contributed by atoms with E-state index in [0.717, 1.165) is 36.9 Å². The van der Waals surface area contributed by atoms with Crippen molar-refractivity contribution in [3.63, 3.8) is 0 Å². The number of piperazine rings is 1. The molecule has 1 aliphatic heterocycles. The van der Waals surface area contributed by atoms with Crippen molar-refractivity contribution in [2.45, 2.75) is 19.9 Å². The van der Waals surface area contributed by atoms with Crippen molar-refractivity contribution in [2.75, 3.05) is 51.3 Å². The quantitative estimate of drug-likeness (QED) is 0.486. The van der Waals surface area contributed by atoms with Gasteiger partial charge in [-0.25, -0.2) is 15.0 Å². The summed E-state index contributed by atoms with van der Waals surface area (Å²) in [6, 6.07) is 9.65. The van der Waals surface area contributed by atoms with E-state index in [9.17, 15) is 4.79 Å². The fourth-order valence-electron chi connectivity index (χ4n) is 3.34. The van der Waals surface area contributed by atoms with E-state index in [2.05, 4.69) is 30.5 Å². The first kappa shape index (κ1) is 22.3. The first-order valence-electron chi connectivity index (χ1n) is 10.6. The smallest absolute Gasteiger partial charge is 0.225 e. The number of rotatable bonds is 8. The molecule has 1 fully saturated rings. The topological polar surface area (TPSA) is 95.0 Å². The molecular formula is C22H31N7O2. The van der Waals surface area contributed by atoms with Crippen molar-refractivity contribution in [3.05, 3.63) is 48.3 Å². The molecule has 0 unspecified atom stereocenters. The van der Waals surface area contributed by atoms with E-state index in [0.29, 0.717) is 38.6 Å². The summed E-state index contributed by atoms with van der Waals surface area (Å²) in [5, 5.41) is 6.47. The number of nitrogens with zero attached hydrogens (tertiary/aromatic N) is 5. The summed E-state index contributed by atoms with van der Waals surface area (Å²) < 4.78 is 5.26. The molecule has 0 radical (unpaired) electrons. The number of aromatic nitrogens is 2. The van der Waals surface area contributed by atoms with Gasteiger partial charge < -0.3 is 25.2 Å². The molecule has 0 aliphatic carbocycles. The summed E-state index contributed by atoms with van der Waals surface area (Å²) in [4.78, 5) is 29.8. The maximum atomic E-state index is 12.6. The number of methoxy groups -OCH3 is 1. The molecule has 9 nitrogen and oxygen atoms in total. The van der Waals surface area contributed by atoms with Crippen LogP contribution in [0.2, 0.25) is 0 Å². The highest BCUT2D eigenvalue weighted by Crippen LogP contribution is 2.13. The number of benzene rings is 1. The fourth-order valence-corrected chi connectivity index (χ4v) is 3.34. The predicted molar refractivity (Wildman–Crippen MR) is 121 cm³/mol. The molecule has 0 saturated carbocycles. The Morgan fingerprint density at radius 1 is 1.13 bits per heavy atom. The molecule has 0 atom stereocenters. The first-order chi connectivity index (χ1) is 15.2. The van der Waals surface area contributed by atoms with Crippen LogP contribution in [-0.2, 0) is 11.3 Å². The third kappa shape index (κ3) is 6.84. The van der Waals surface area contributed by atoms with Crippen LogP contribution in [0.25, 0.3) is 0 Å². The lowest BCUT2D eigenvalue weighted by atomic mass is 10.2. The molecule has 9 heteroatoms. The van der Waals surface area contributed by atoms with Crippen LogP contribution in [0.4, 0.5) is 5.95 Å².